The summed E-state index contributed by atoms with van der Waals surface area (Å²) in [7, 11) is 0. The van der Waals surface area contributed by atoms with Gasteiger partial charge in [0, 0.05) is 12.1 Å². The fraction of sp³-hybridized carbons (Fsp3) is 0.143. The lowest BCUT2D eigenvalue weighted by molar-refractivity contribution is 0.402. The van der Waals surface area contributed by atoms with Gasteiger partial charge in [0.25, 0.3) is 0 Å². The second-order valence-corrected chi connectivity index (χ2v) is 8.39. The van der Waals surface area contributed by atoms with Gasteiger partial charge in [-0.2, -0.15) is 0 Å². The Hall–Kier alpha value is -4.32. The Morgan fingerprint density at radius 1 is 0.441 bits per heavy atom. The highest BCUT2D eigenvalue weighted by molar-refractivity contribution is 5.51. The van der Waals surface area contributed by atoms with Gasteiger partial charge in [0.1, 0.15) is 23.0 Å². The number of phenols is 4. The Bertz CT molecular complexity index is 1260. The number of aromatic hydroxyl groups is 4. The summed E-state index contributed by atoms with van der Waals surface area (Å²) in [6.07, 6.45) is 2.43. The molecule has 0 saturated carbocycles. The summed E-state index contributed by atoms with van der Waals surface area (Å²) in [5.41, 5.74) is 3.59. The smallest absolute Gasteiger partial charge is 0.169 e. The van der Waals surface area contributed by atoms with E-state index in [1.165, 1.54) is 0 Å². The van der Waals surface area contributed by atoms with E-state index in [0.717, 1.165) is 22.3 Å². The van der Waals surface area contributed by atoms with Gasteiger partial charge in [-0.3, -0.25) is 0 Å². The van der Waals surface area contributed by atoms with Crippen molar-refractivity contribution in [1.82, 2.24) is 0 Å². The number of hydrogen-bond acceptors (Lipinski definition) is 6. The van der Waals surface area contributed by atoms with Crippen LogP contribution >= 0.6 is 0 Å². The van der Waals surface area contributed by atoms with Crippen molar-refractivity contribution >= 4 is 0 Å². The van der Waals surface area contributed by atoms with Crippen LogP contribution in [0.25, 0.3) is 0 Å². The molecule has 4 aromatic carbocycles. The number of hydrogen-bond donors (Lipinski definition) is 4. The van der Waals surface area contributed by atoms with Crippen molar-refractivity contribution < 1.29 is 29.9 Å². The Morgan fingerprint density at radius 2 is 0.882 bits per heavy atom. The van der Waals surface area contributed by atoms with Gasteiger partial charge in [-0.1, -0.05) is 24.3 Å². The average Bonchev–Trinajstić information content (AvgIpc) is 2.81. The van der Waals surface area contributed by atoms with E-state index in [1.54, 1.807) is 60.7 Å². The van der Waals surface area contributed by atoms with Gasteiger partial charge >= 0.3 is 0 Å². The maximum absolute atomic E-state index is 10.4. The third-order valence-corrected chi connectivity index (χ3v) is 5.96. The Kier molecular flexibility index (Phi) is 5.64. The predicted molar refractivity (Wildman–Crippen MR) is 127 cm³/mol. The van der Waals surface area contributed by atoms with Crippen molar-refractivity contribution in [2.24, 2.45) is 0 Å². The molecule has 6 nitrogen and oxygen atoms in total. The third-order valence-electron chi connectivity index (χ3n) is 5.96. The summed E-state index contributed by atoms with van der Waals surface area (Å²) in [5.74, 6) is 1.72. The average molecular weight is 456 g/mol. The first kappa shape index (κ1) is 21.5. The molecule has 0 radical (unpaired) electrons. The zero-order chi connectivity index (χ0) is 23.7. The van der Waals surface area contributed by atoms with Gasteiger partial charge in [-0.15, -0.1) is 0 Å². The molecule has 34 heavy (non-hydrogen) atoms. The topological polar surface area (TPSA) is 99.4 Å². The molecule has 0 fully saturated rings. The fourth-order valence-corrected chi connectivity index (χ4v) is 4.08. The molecule has 172 valence electrons. The number of rotatable bonds is 0. The zero-order valence-corrected chi connectivity index (χ0v) is 18.4. The lowest BCUT2D eigenvalue weighted by atomic mass is 10.0. The van der Waals surface area contributed by atoms with Gasteiger partial charge in [-0.05, 0) is 84.3 Å². The normalized spacial score (nSPS) is 13.2. The summed E-state index contributed by atoms with van der Waals surface area (Å²) < 4.78 is 12.1. The van der Waals surface area contributed by atoms with E-state index in [1.807, 2.05) is 12.1 Å². The van der Waals surface area contributed by atoms with Crippen molar-refractivity contribution in [3.05, 3.63) is 95.1 Å². The lowest BCUT2D eigenvalue weighted by Gasteiger charge is -2.16. The first-order valence-electron chi connectivity index (χ1n) is 11.1. The second-order valence-electron chi connectivity index (χ2n) is 8.39. The molecular formula is C28H24O6. The SMILES string of the molecule is Oc1ccc2c(c1)Oc1cc(ccc1O)CCc1ccc(O)cc1Oc1cc(ccc1O)CC2. The fourth-order valence-electron chi connectivity index (χ4n) is 4.08. The molecule has 4 N–H and O–H groups in total. The van der Waals surface area contributed by atoms with E-state index in [2.05, 4.69) is 0 Å². The molecule has 0 aliphatic carbocycles. The summed E-state index contributed by atoms with van der Waals surface area (Å²) in [6, 6.07) is 20.3. The van der Waals surface area contributed by atoms with Gasteiger partial charge < -0.3 is 29.9 Å². The quantitative estimate of drug-likeness (QED) is 0.260. The highest BCUT2D eigenvalue weighted by atomic mass is 16.5. The van der Waals surface area contributed by atoms with E-state index in [-0.39, 0.29) is 23.0 Å². The van der Waals surface area contributed by atoms with Crippen molar-refractivity contribution in [3.8, 4) is 46.0 Å². The summed E-state index contributed by atoms with van der Waals surface area (Å²) in [6.45, 7) is 0. The predicted octanol–water partition coefficient (Wildman–Crippen LogP) is 5.98. The van der Waals surface area contributed by atoms with E-state index < -0.39 is 0 Å². The molecule has 1 aliphatic rings. The Labute approximate surface area is 196 Å². The number of benzene rings is 4. The van der Waals surface area contributed by atoms with Crippen LogP contribution in [-0.2, 0) is 25.7 Å². The maximum atomic E-state index is 10.4. The molecular weight excluding hydrogens is 432 g/mol. The first-order valence-corrected chi connectivity index (χ1v) is 11.1. The minimum atomic E-state index is 0.0102. The van der Waals surface area contributed by atoms with Crippen LogP contribution in [0.4, 0.5) is 0 Å². The van der Waals surface area contributed by atoms with Crippen LogP contribution in [0.2, 0.25) is 0 Å². The largest absolute Gasteiger partial charge is 0.508 e. The molecule has 1 heterocycles. The highest BCUT2D eigenvalue weighted by Crippen LogP contribution is 2.38. The van der Waals surface area contributed by atoms with Crippen molar-refractivity contribution in [1.29, 1.82) is 0 Å². The summed E-state index contributed by atoms with van der Waals surface area (Å²) in [4.78, 5) is 0. The number of ether oxygens (including phenoxy) is 2. The summed E-state index contributed by atoms with van der Waals surface area (Å²) in [5, 5.41) is 40.8. The standard InChI is InChI=1S/C28H24O6/c29-21-9-7-19-5-1-17-3-11-23(31)27(13-17)34-26-16-22(30)10-8-20(26)6-2-18-4-12-24(32)28(14-18)33-25(19)15-21/h3-4,7-16,29-32H,1-2,5-6H2. The number of fused-ring (bicyclic) bond motifs is 6. The molecule has 0 saturated heterocycles. The minimum Gasteiger partial charge on any atom is -0.508 e. The van der Waals surface area contributed by atoms with Crippen molar-refractivity contribution in [3.63, 3.8) is 0 Å². The van der Waals surface area contributed by atoms with Crippen LogP contribution in [0, 0.1) is 0 Å². The molecule has 0 atom stereocenters. The molecule has 4 aromatic rings. The maximum Gasteiger partial charge on any atom is 0.169 e. The summed E-state index contributed by atoms with van der Waals surface area (Å²) >= 11 is 0. The van der Waals surface area contributed by atoms with Gasteiger partial charge in [0.05, 0.1) is 0 Å². The van der Waals surface area contributed by atoms with E-state index in [9.17, 15) is 20.4 Å². The van der Waals surface area contributed by atoms with Gasteiger partial charge in [-0.25, -0.2) is 0 Å². The van der Waals surface area contributed by atoms with E-state index in [4.69, 9.17) is 9.47 Å². The first-order chi connectivity index (χ1) is 16.4. The number of aryl methyl sites for hydroxylation is 4. The van der Waals surface area contributed by atoms with Gasteiger partial charge in [0.2, 0.25) is 0 Å². The third kappa shape index (κ3) is 4.57. The molecule has 0 unspecified atom stereocenters. The molecule has 0 aromatic heterocycles. The molecule has 1 aliphatic heterocycles. The van der Waals surface area contributed by atoms with E-state index in [0.29, 0.717) is 48.7 Å². The van der Waals surface area contributed by atoms with Crippen LogP contribution in [0.5, 0.6) is 46.0 Å². The monoisotopic (exact) mass is 456 g/mol. The van der Waals surface area contributed by atoms with Gasteiger partial charge in [0.15, 0.2) is 23.0 Å². The van der Waals surface area contributed by atoms with Crippen LogP contribution < -0.4 is 9.47 Å². The molecule has 4 bridgehead atoms. The second kappa shape index (κ2) is 8.90. The Balaban J connectivity index is 1.60. The lowest BCUT2D eigenvalue weighted by Crippen LogP contribution is -1.99. The zero-order valence-electron chi connectivity index (χ0n) is 18.4. The number of phenolic OH excluding ortho intramolecular Hbond substituents is 4. The molecule has 5 rings (SSSR count). The van der Waals surface area contributed by atoms with Crippen LogP contribution in [0.1, 0.15) is 22.3 Å². The molecule has 6 heteroatoms. The minimum absolute atomic E-state index is 0.0102. The van der Waals surface area contributed by atoms with Crippen LogP contribution in [-0.4, -0.2) is 20.4 Å². The highest BCUT2D eigenvalue weighted by Gasteiger charge is 2.15. The van der Waals surface area contributed by atoms with Crippen LogP contribution in [0.3, 0.4) is 0 Å². The molecule has 0 amide bonds. The van der Waals surface area contributed by atoms with Crippen molar-refractivity contribution in [2.75, 3.05) is 0 Å². The van der Waals surface area contributed by atoms with Crippen molar-refractivity contribution in [2.45, 2.75) is 25.7 Å². The van der Waals surface area contributed by atoms with E-state index >= 15 is 0 Å². The molecule has 0 spiro atoms. The van der Waals surface area contributed by atoms with Crippen LogP contribution in [0.15, 0.2) is 72.8 Å². The Morgan fingerprint density at radius 3 is 1.32 bits per heavy atom.